The van der Waals surface area contributed by atoms with Crippen LogP contribution in [0.25, 0.3) is 0 Å². The molecule has 0 aromatic heterocycles. The van der Waals surface area contributed by atoms with E-state index in [9.17, 15) is 8.42 Å². The summed E-state index contributed by atoms with van der Waals surface area (Å²) in [4.78, 5) is 0. The van der Waals surface area contributed by atoms with Gasteiger partial charge < -0.3 is 5.32 Å². The Balaban J connectivity index is 2.75. The monoisotopic (exact) mass is 299 g/mol. The summed E-state index contributed by atoms with van der Waals surface area (Å²) in [5, 5.41) is 3.30. The molecule has 6 heteroatoms. The van der Waals surface area contributed by atoms with Gasteiger partial charge in [0.1, 0.15) is 0 Å². The molecule has 1 aromatic rings. The van der Waals surface area contributed by atoms with E-state index in [1.807, 2.05) is 32.0 Å². The maximum atomic E-state index is 12.1. The van der Waals surface area contributed by atoms with Gasteiger partial charge >= 0.3 is 10.2 Å². The molecule has 0 amide bonds. The van der Waals surface area contributed by atoms with Gasteiger partial charge in [-0.1, -0.05) is 32.9 Å². The van der Waals surface area contributed by atoms with Crippen LogP contribution in [-0.2, 0) is 16.8 Å². The Kier molecular flexibility index (Phi) is 6.98. The van der Waals surface area contributed by atoms with Crippen molar-refractivity contribution in [3.63, 3.8) is 0 Å². The first-order chi connectivity index (χ1) is 9.53. The third-order valence-electron chi connectivity index (χ3n) is 2.98. The normalized spacial score (nSPS) is 11.8. The number of nitrogens with zero attached hydrogens (tertiary/aromatic N) is 1. The highest BCUT2D eigenvalue weighted by Crippen LogP contribution is 2.14. The Morgan fingerprint density at radius 3 is 2.45 bits per heavy atom. The van der Waals surface area contributed by atoms with Gasteiger partial charge in [0.15, 0.2) is 0 Å². The van der Waals surface area contributed by atoms with Crippen LogP contribution in [0, 0.1) is 0 Å². The number of anilines is 1. The lowest BCUT2D eigenvalue weighted by atomic mass is 10.2. The maximum Gasteiger partial charge on any atom is 0.301 e. The molecule has 0 spiro atoms. The van der Waals surface area contributed by atoms with Gasteiger partial charge in [-0.15, -0.1) is 0 Å². The molecule has 0 aliphatic carbocycles. The molecule has 1 aromatic carbocycles. The van der Waals surface area contributed by atoms with Gasteiger partial charge in [0.25, 0.3) is 0 Å². The Bertz CT molecular complexity index is 499. The van der Waals surface area contributed by atoms with Gasteiger partial charge in [0.05, 0.1) is 5.69 Å². The average Bonchev–Trinajstić information content (AvgIpc) is 2.40. The lowest BCUT2D eigenvalue weighted by Crippen LogP contribution is -2.35. The van der Waals surface area contributed by atoms with Gasteiger partial charge in [-0.2, -0.15) is 12.7 Å². The highest BCUT2D eigenvalue weighted by molar-refractivity contribution is 7.90. The minimum absolute atomic E-state index is 0.462. The third kappa shape index (κ3) is 5.11. The van der Waals surface area contributed by atoms with E-state index in [0.29, 0.717) is 18.8 Å². The summed E-state index contributed by atoms with van der Waals surface area (Å²) in [5.74, 6) is 0. The largest absolute Gasteiger partial charge is 0.313 e. The first kappa shape index (κ1) is 16.9. The number of nitrogens with one attached hydrogen (secondary N) is 2. The Labute approximate surface area is 122 Å². The fourth-order valence-corrected chi connectivity index (χ4v) is 3.17. The lowest BCUT2D eigenvalue weighted by molar-refractivity contribution is 0.449. The Hall–Kier alpha value is -1.11. The van der Waals surface area contributed by atoms with Crippen LogP contribution in [0.5, 0.6) is 0 Å². The SMILES string of the molecule is CCCNCc1cccc(NS(=O)(=O)N(CC)CC)c1. The molecule has 0 unspecified atom stereocenters. The summed E-state index contributed by atoms with van der Waals surface area (Å²) in [5.41, 5.74) is 1.67. The molecule has 0 aliphatic heterocycles. The van der Waals surface area contributed by atoms with E-state index >= 15 is 0 Å². The first-order valence-corrected chi connectivity index (χ1v) is 8.55. The molecule has 0 aliphatic rings. The Morgan fingerprint density at radius 2 is 1.85 bits per heavy atom. The second-order valence-electron chi connectivity index (χ2n) is 4.57. The van der Waals surface area contributed by atoms with E-state index < -0.39 is 10.2 Å². The van der Waals surface area contributed by atoms with Crippen molar-refractivity contribution < 1.29 is 8.42 Å². The topological polar surface area (TPSA) is 61.4 Å². The summed E-state index contributed by atoms with van der Waals surface area (Å²) < 4.78 is 28.3. The molecule has 0 heterocycles. The predicted molar refractivity (Wildman–Crippen MR) is 83.9 cm³/mol. The van der Waals surface area contributed by atoms with Gasteiger partial charge in [0.2, 0.25) is 0 Å². The van der Waals surface area contributed by atoms with E-state index in [2.05, 4.69) is 17.0 Å². The van der Waals surface area contributed by atoms with Crippen LogP contribution in [0.1, 0.15) is 32.8 Å². The molecule has 0 atom stereocenters. The molecule has 5 nitrogen and oxygen atoms in total. The summed E-state index contributed by atoms with van der Waals surface area (Å²) in [7, 11) is -3.45. The van der Waals surface area contributed by atoms with Crippen molar-refractivity contribution >= 4 is 15.9 Å². The minimum atomic E-state index is -3.45. The molecule has 114 valence electrons. The fourth-order valence-electron chi connectivity index (χ4n) is 1.93. The standard InChI is InChI=1S/C14H25N3O2S/c1-4-10-15-12-13-8-7-9-14(11-13)16-20(18,19)17(5-2)6-3/h7-9,11,15-16H,4-6,10,12H2,1-3H3. The van der Waals surface area contributed by atoms with Crippen LogP contribution in [0.3, 0.4) is 0 Å². The van der Waals surface area contributed by atoms with Crippen molar-refractivity contribution in [2.24, 2.45) is 0 Å². The van der Waals surface area contributed by atoms with Gasteiger partial charge in [-0.3, -0.25) is 4.72 Å². The van der Waals surface area contributed by atoms with Crippen molar-refractivity contribution in [2.75, 3.05) is 24.4 Å². The highest BCUT2D eigenvalue weighted by atomic mass is 32.2. The number of hydrogen-bond acceptors (Lipinski definition) is 3. The molecule has 0 radical (unpaired) electrons. The second kappa shape index (κ2) is 8.24. The van der Waals surface area contributed by atoms with Gasteiger partial charge in [0, 0.05) is 19.6 Å². The summed E-state index contributed by atoms with van der Waals surface area (Å²) >= 11 is 0. The summed E-state index contributed by atoms with van der Waals surface area (Å²) in [6, 6.07) is 7.48. The molecule has 20 heavy (non-hydrogen) atoms. The minimum Gasteiger partial charge on any atom is -0.313 e. The molecule has 1 rings (SSSR count). The van der Waals surface area contributed by atoms with Crippen LogP contribution < -0.4 is 10.0 Å². The smallest absolute Gasteiger partial charge is 0.301 e. The molecule has 0 bridgehead atoms. The molecule has 0 fully saturated rings. The molecular weight excluding hydrogens is 274 g/mol. The molecule has 2 N–H and O–H groups in total. The lowest BCUT2D eigenvalue weighted by Gasteiger charge is -2.19. The molecule has 0 saturated heterocycles. The zero-order chi connectivity index (χ0) is 15.0. The quantitative estimate of drug-likeness (QED) is 0.687. The molecular formula is C14H25N3O2S. The summed E-state index contributed by atoms with van der Waals surface area (Å²) in [6.45, 7) is 8.39. The van der Waals surface area contributed by atoms with Crippen LogP contribution in [-0.4, -0.2) is 32.4 Å². The summed E-state index contributed by atoms with van der Waals surface area (Å²) in [6.07, 6.45) is 1.08. The molecule has 0 saturated carbocycles. The van der Waals surface area contributed by atoms with Crippen molar-refractivity contribution in [1.82, 2.24) is 9.62 Å². The van der Waals surface area contributed by atoms with E-state index in [0.717, 1.165) is 25.1 Å². The second-order valence-corrected chi connectivity index (χ2v) is 6.24. The van der Waals surface area contributed by atoms with E-state index in [1.165, 1.54) is 4.31 Å². The third-order valence-corrected chi connectivity index (χ3v) is 4.66. The van der Waals surface area contributed by atoms with Crippen LogP contribution in [0.2, 0.25) is 0 Å². The average molecular weight is 299 g/mol. The fraction of sp³-hybridized carbons (Fsp3) is 0.571. The van der Waals surface area contributed by atoms with Crippen molar-refractivity contribution in [3.05, 3.63) is 29.8 Å². The number of rotatable bonds is 9. The van der Waals surface area contributed by atoms with Gasteiger partial charge in [-0.05, 0) is 30.7 Å². The predicted octanol–water partition coefficient (Wildman–Crippen LogP) is 2.18. The highest BCUT2D eigenvalue weighted by Gasteiger charge is 2.18. The number of benzene rings is 1. The van der Waals surface area contributed by atoms with E-state index in [1.54, 1.807) is 6.07 Å². The zero-order valence-electron chi connectivity index (χ0n) is 12.5. The van der Waals surface area contributed by atoms with Gasteiger partial charge in [-0.25, -0.2) is 0 Å². The maximum absolute atomic E-state index is 12.1. The first-order valence-electron chi connectivity index (χ1n) is 7.11. The van der Waals surface area contributed by atoms with Crippen LogP contribution >= 0.6 is 0 Å². The van der Waals surface area contributed by atoms with Crippen molar-refractivity contribution in [2.45, 2.75) is 33.7 Å². The number of hydrogen-bond donors (Lipinski definition) is 2. The zero-order valence-corrected chi connectivity index (χ0v) is 13.3. The Morgan fingerprint density at radius 1 is 1.15 bits per heavy atom. The van der Waals surface area contributed by atoms with E-state index in [-0.39, 0.29) is 0 Å². The van der Waals surface area contributed by atoms with E-state index in [4.69, 9.17) is 0 Å². The van der Waals surface area contributed by atoms with Crippen LogP contribution in [0.15, 0.2) is 24.3 Å². The van der Waals surface area contributed by atoms with Crippen LogP contribution in [0.4, 0.5) is 5.69 Å². The van der Waals surface area contributed by atoms with Crippen molar-refractivity contribution in [1.29, 1.82) is 0 Å². The van der Waals surface area contributed by atoms with Crippen molar-refractivity contribution in [3.8, 4) is 0 Å².